The number of hydrogen-bond donors (Lipinski definition) is 0. The van der Waals surface area contributed by atoms with E-state index in [0.717, 1.165) is 52.6 Å². The predicted molar refractivity (Wildman–Crippen MR) is 259 cm³/mol. The molecule has 2 heteroatoms. The van der Waals surface area contributed by atoms with Gasteiger partial charge in [-0.2, -0.15) is 0 Å². The summed E-state index contributed by atoms with van der Waals surface area (Å²) in [4.78, 5) is 4.72. The van der Waals surface area contributed by atoms with Crippen molar-refractivity contribution in [1.82, 2.24) is 4.90 Å². The lowest BCUT2D eigenvalue weighted by molar-refractivity contribution is 0.629. The van der Waals surface area contributed by atoms with E-state index >= 15 is 0 Å². The van der Waals surface area contributed by atoms with Crippen molar-refractivity contribution >= 4 is 45.7 Å². The van der Waals surface area contributed by atoms with Crippen LogP contribution in [0.5, 0.6) is 0 Å². The molecule has 2 aliphatic rings. The summed E-state index contributed by atoms with van der Waals surface area (Å²) in [7, 11) is 0. The molecule has 0 bridgehead atoms. The molecule has 60 heavy (non-hydrogen) atoms. The van der Waals surface area contributed by atoms with Crippen molar-refractivity contribution in [2.75, 3.05) is 4.90 Å². The molecular weight excluding hydrogens is 725 g/mol. The highest BCUT2D eigenvalue weighted by molar-refractivity contribution is 6.13. The van der Waals surface area contributed by atoms with Gasteiger partial charge < -0.3 is 9.80 Å². The number of fused-ring (bicyclic) bond motifs is 3. The van der Waals surface area contributed by atoms with E-state index in [1.165, 1.54) is 43.7 Å². The molecule has 6 aromatic carbocycles. The monoisotopic (exact) mass is 776 g/mol. The minimum atomic E-state index is 0.0411. The van der Waals surface area contributed by atoms with Crippen LogP contribution in [-0.2, 0) is 0 Å². The lowest BCUT2D eigenvalue weighted by Crippen LogP contribution is -2.29. The van der Waals surface area contributed by atoms with E-state index in [0.29, 0.717) is 0 Å². The SMILES string of the molecule is C=C/C(=C\C=C\N(/C=c1\cccc\c1=c1/ccccc1=C)C1=CC=CCC1)C1=CC(/C=C/C[C@@H](C=C)N(c2ccccc2)c2cc3ccccc3c3ccccc23)CC=C1. The van der Waals surface area contributed by atoms with Crippen LogP contribution in [-0.4, -0.2) is 10.9 Å². The Balaban J connectivity index is 1.06. The van der Waals surface area contributed by atoms with Crippen LogP contribution >= 0.6 is 0 Å². The highest BCUT2D eigenvalue weighted by Crippen LogP contribution is 2.39. The summed E-state index contributed by atoms with van der Waals surface area (Å²) in [6.45, 7) is 12.9. The van der Waals surface area contributed by atoms with Gasteiger partial charge in [0.1, 0.15) is 0 Å². The molecule has 8 rings (SSSR count). The van der Waals surface area contributed by atoms with E-state index in [1.807, 2.05) is 12.1 Å². The van der Waals surface area contributed by atoms with Gasteiger partial charge in [0.15, 0.2) is 0 Å². The summed E-state index contributed by atoms with van der Waals surface area (Å²) in [6.07, 6.45) is 34.7. The zero-order valence-electron chi connectivity index (χ0n) is 34.3. The molecule has 2 atom stereocenters. The fourth-order valence-electron chi connectivity index (χ4n) is 8.40. The topological polar surface area (TPSA) is 6.48 Å². The predicted octanol–water partition coefficient (Wildman–Crippen LogP) is 13.4. The maximum atomic E-state index is 4.36. The van der Waals surface area contributed by atoms with Crippen molar-refractivity contribution in [3.63, 3.8) is 0 Å². The summed E-state index contributed by atoms with van der Waals surface area (Å²) >= 11 is 0. The first kappa shape index (κ1) is 39.7. The highest BCUT2D eigenvalue weighted by Gasteiger charge is 2.21. The smallest absolute Gasteiger partial charge is 0.0554 e. The van der Waals surface area contributed by atoms with Gasteiger partial charge in [0.05, 0.1) is 11.7 Å². The number of hydrogen-bond acceptors (Lipinski definition) is 2. The number of benzene rings is 6. The van der Waals surface area contributed by atoms with Crippen LogP contribution in [0.25, 0.3) is 34.3 Å². The Morgan fingerprint density at radius 3 is 2.28 bits per heavy atom. The molecule has 1 unspecified atom stereocenters. The van der Waals surface area contributed by atoms with Gasteiger partial charge in [-0.3, -0.25) is 0 Å². The molecule has 0 aliphatic heterocycles. The molecule has 2 aliphatic carbocycles. The fraction of sp³-hybridized carbons (Fsp3) is 0.103. The van der Waals surface area contributed by atoms with E-state index in [4.69, 9.17) is 0 Å². The van der Waals surface area contributed by atoms with Crippen LogP contribution in [0.3, 0.4) is 0 Å². The van der Waals surface area contributed by atoms with Crippen LogP contribution in [0.15, 0.2) is 243 Å². The molecule has 0 fully saturated rings. The quantitative estimate of drug-likeness (QED) is 0.0655. The van der Waals surface area contributed by atoms with Crippen molar-refractivity contribution in [2.24, 2.45) is 5.92 Å². The number of allylic oxidation sites excluding steroid dienone is 13. The average Bonchev–Trinajstić information content (AvgIpc) is 3.30. The van der Waals surface area contributed by atoms with E-state index in [2.05, 4.69) is 236 Å². The summed E-state index contributed by atoms with van der Waals surface area (Å²) in [5.74, 6) is 0.269. The van der Waals surface area contributed by atoms with Crippen molar-refractivity contribution in [3.05, 3.63) is 263 Å². The highest BCUT2D eigenvalue weighted by atomic mass is 15.2. The molecule has 6 aromatic rings. The summed E-state index contributed by atoms with van der Waals surface area (Å²) in [5.41, 5.74) is 5.85. The molecule has 0 amide bonds. The normalized spacial score (nSPS) is 16.9. The van der Waals surface area contributed by atoms with Gasteiger partial charge in [-0.15, -0.1) is 6.58 Å². The third-order valence-corrected chi connectivity index (χ3v) is 11.4. The van der Waals surface area contributed by atoms with Gasteiger partial charge in [-0.25, -0.2) is 0 Å². The standard InChI is InChI=1S/C58H52N2/c1-4-46(29-22-40-59(51-30-8-6-9-31-51)43-49-27-14-17-37-55(49)53-35-15-12-23-44(53)3)47-28-20-24-45(41-47)25-21-34-50(5-2)60(52-32-10-7-11-33-52)58-42-48-26-13-16-36-54(48)56-38-18-19-39-57(56)58/h4-8,10-23,25-30,32-33,35-43,45,50H,1-3,9,24,31,34H2/b25-21+,40-22+,46-29+,49-43+,55-53-/t45?,50-/m1/s1. The zero-order valence-corrected chi connectivity index (χ0v) is 34.3. The molecule has 2 nitrogen and oxygen atoms in total. The Morgan fingerprint density at radius 2 is 1.50 bits per heavy atom. The lowest BCUT2D eigenvalue weighted by Gasteiger charge is -2.33. The molecule has 0 radical (unpaired) electrons. The average molecular weight is 777 g/mol. The van der Waals surface area contributed by atoms with Gasteiger partial charge in [0, 0.05) is 29.2 Å². The molecule has 294 valence electrons. The summed E-state index contributed by atoms with van der Waals surface area (Å²) in [6, 6.07) is 47.4. The summed E-state index contributed by atoms with van der Waals surface area (Å²) in [5, 5.41) is 9.46. The minimum Gasteiger partial charge on any atom is -0.334 e. The lowest BCUT2D eigenvalue weighted by atomic mass is 9.91. The Kier molecular flexibility index (Phi) is 12.6. The summed E-state index contributed by atoms with van der Waals surface area (Å²) < 4.78 is 0. The van der Waals surface area contributed by atoms with Crippen molar-refractivity contribution in [2.45, 2.75) is 31.7 Å². The molecular formula is C58H52N2. The van der Waals surface area contributed by atoms with Crippen LogP contribution in [0.4, 0.5) is 11.4 Å². The van der Waals surface area contributed by atoms with E-state index in [1.54, 1.807) is 0 Å². The molecule has 0 heterocycles. The van der Waals surface area contributed by atoms with Crippen LogP contribution in [0.2, 0.25) is 0 Å². The number of rotatable bonds is 13. The first-order valence-electron chi connectivity index (χ1n) is 21.0. The molecule has 0 saturated carbocycles. The third-order valence-electron chi connectivity index (χ3n) is 11.4. The van der Waals surface area contributed by atoms with Crippen LogP contribution in [0.1, 0.15) is 25.7 Å². The van der Waals surface area contributed by atoms with Crippen molar-refractivity contribution < 1.29 is 0 Å². The fourth-order valence-corrected chi connectivity index (χ4v) is 8.40. The van der Waals surface area contributed by atoms with Gasteiger partial charge in [0.25, 0.3) is 0 Å². The molecule has 0 aromatic heterocycles. The van der Waals surface area contributed by atoms with E-state index < -0.39 is 0 Å². The second-order valence-corrected chi connectivity index (χ2v) is 15.3. The van der Waals surface area contributed by atoms with Gasteiger partial charge in [-0.05, 0) is 110 Å². The minimum absolute atomic E-state index is 0.0411. The van der Waals surface area contributed by atoms with Gasteiger partial charge in [0.2, 0.25) is 0 Å². The molecule has 0 saturated heterocycles. The van der Waals surface area contributed by atoms with Gasteiger partial charge >= 0.3 is 0 Å². The second-order valence-electron chi connectivity index (χ2n) is 15.3. The second kappa shape index (κ2) is 19.1. The Labute approximate surface area is 355 Å². The largest absolute Gasteiger partial charge is 0.334 e. The van der Waals surface area contributed by atoms with Gasteiger partial charge in [-0.1, -0.05) is 189 Å². The maximum absolute atomic E-state index is 4.36. The van der Waals surface area contributed by atoms with Crippen LogP contribution in [0, 0.1) is 16.4 Å². The Morgan fingerprint density at radius 1 is 0.767 bits per heavy atom. The first-order chi connectivity index (χ1) is 29.6. The number of anilines is 2. The Bertz CT molecular complexity index is 2960. The first-order valence-corrected chi connectivity index (χ1v) is 21.0. The van der Waals surface area contributed by atoms with Crippen molar-refractivity contribution in [3.8, 4) is 0 Å². The van der Waals surface area contributed by atoms with Crippen molar-refractivity contribution in [1.29, 1.82) is 0 Å². The van der Waals surface area contributed by atoms with Crippen LogP contribution < -0.4 is 15.3 Å². The van der Waals surface area contributed by atoms with E-state index in [9.17, 15) is 0 Å². The maximum Gasteiger partial charge on any atom is 0.0554 e. The molecule has 0 N–H and O–H groups in total. The third kappa shape index (κ3) is 8.94. The zero-order chi connectivity index (χ0) is 41.1. The number of para-hydroxylation sites is 1. The molecule has 0 spiro atoms. The Hall–Kier alpha value is -7.16. The van der Waals surface area contributed by atoms with E-state index in [-0.39, 0.29) is 12.0 Å². The number of nitrogens with zero attached hydrogens (tertiary/aromatic N) is 2.